The molecule has 1 N–H and O–H groups in total. The van der Waals surface area contributed by atoms with Crippen LogP contribution < -0.4 is 11.2 Å². The third-order valence-corrected chi connectivity index (χ3v) is 6.18. The van der Waals surface area contributed by atoms with Crippen LogP contribution in [0.5, 0.6) is 0 Å². The molecule has 8 heteroatoms. The maximum Gasteiger partial charge on any atom is 0.332 e. The first kappa shape index (κ1) is 23.2. The first-order chi connectivity index (χ1) is 15.9. The van der Waals surface area contributed by atoms with Crippen molar-refractivity contribution in [1.82, 2.24) is 28.9 Å². The highest BCUT2D eigenvalue weighted by Crippen LogP contribution is 2.10. The van der Waals surface area contributed by atoms with E-state index >= 15 is 0 Å². The molecule has 0 atom stereocenters. The Morgan fingerprint density at radius 2 is 1.76 bits per heavy atom. The molecule has 8 nitrogen and oxygen atoms in total. The van der Waals surface area contributed by atoms with E-state index in [4.69, 9.17) is 0 Å². The van der Waals surface area contributed by atoms with Gasteiger partial charge in [0.25, 0.3) is 5.56 Å². The minimum atomic E-state index is -0.314. The van der Waals surface area contributed by atoms with E-state index in [2.05, 4.69) is 56.2 Å². The number of hydrogen-bond donors (Lipinski definition) is 1. The Balaban J connectivity index is 1.34. The Morgan fingerprint density at radius 1 is 1.06 bits per heavy atom. The molecule has 0 unspecified atom stereocenters. The van der Waals surface area contributed by atoms with Crippen LogP contribution in [0.1, 0.15) is 25.2 Å². The lowest BCUT2D eigenvalue weighted by Crippen LogP contribution is -2.46. The monoisotopic (exact) mass is 450 g/mol. The number of benzene rings is 1. The predicted octanol–water partition coefficient (Wildman–Crippen LogP) is 1.95. The zero-order valence-corrected chi connectivity index (χ0v) is 19.8. The molecular weight excluding hydrogens is 416 g/mol. The summed E-state index contributed by atoms with van der Waals surface area (Å²) in [4.78, 5) is 37.9. The molecular formula is C25H34N6O2. The SMILES string of the molecule is CC(C)Cn1c(=O)n(C)c(=O)c2[nH]c(CCN3CCN(C/C=C/c4ccccc4)CC3)nc21. The average Bonchev–Trinajstić information content (AvgIpc) is 3.25. The lowest BCUT2D eigenvalue weighted by atomic mass is 10.2. The fourth-order valence-corrected chi connectivity index (χ4v) is 4.29. The third-order valence-electron chi connectivity index (χ3n) is 6.18. The molecule has 1 aliphatic rings. The Morgan fingerprint density at radius 3 is 2.45 bits per heavy atom. The van der Waals surface area contributed by atoms with E-state index in [1.165, 1.54) is 12.6 Å². The molecule has 0 spiro atoms. The number of rotatable bonds is 8. The van der Waals surface area contributed by atoms with Crippen molar-refractivity contribution in [1.29, 1.82) is 0 Å². The lowest BCUT2D eigenvalue weighted by Gasteiger charge is -2.33. The van der Waals surface area contributed by atoms with Gasteiger partial charge in [-0.2, -0.15) is 0 Å². The molecule has 4 rings (SSSR count). The van der Waals surface area contributed by atoms with Gasteiger partial charge in [0.2, 0.25) is 0 Å². The summed E-state index contributed by atoms with van der Waals surface area (Å²) in [5.41, 5.74) is 1.50. The second-order valence-electron chi connectivity index (χ2n) is 9.24. The molecule has 0 amide bonds. The molecule has 1 fully saturated rings. The Labute approximate surface area is 194 Å². The van der Waals surface area contributed by atoms with Crippen LogP contribution in [0.15, 0.2) is 46.0 Å². The number of nitrogens with one attached hydrogen (secondary N) is 1. The number of hydrogen-bond acceptors (Lipinski definition) is 5. The number of aromatic amines is 1. The van der Waals surface area contributed by atoms with Crippen molar-refractivity contribution in [3.63, 3.8) is 0 Å². The molecule has 0 aliphatic carbocycles. The topological polar surface area (TPSA) is 79.2 Å². The summed E-state index contributed by atoms with van der Waals surface area (Å²) in [5, 5.41) is 0. The van der Waals surface area contributed by atoms with Crippen LogP contribution in [-0.2, 0) is 20.0 Å². The maximum atomic E-state index is 12.6. The normalized spacial score (nSPS) is 15.9. The number of nitrogens with zero attached hydrogens (tertiary/aromatic N) is 5. The molecule has 2 aromatic heterocycles. The van der Waals surface area contributed by atoms with E-state index in [0.717, 1.165) is 56.1 Å². The number of fused-ring (bicyclic) bond motifs is 1. The second kappa shape index (κ2) is 10.3. The van der Waals surface area contributed by atoms with Gasteiger partial charge < -0.3 is 9.88 Å². The molecule has 1 aliphatic heterocycles. The average molecular weight is 451 g/mol. The van der Waals surface area contributed by atoms with E-state index in [1.54, 1.807) is 4.57 Å². The van der Waals surface area contributed by atoms with Crippen molar-refractivity contribution < 1.29 is 0 Å². The molecule has 1 aromatic carbocycles. The predicted molar refractivity (Wildman–Crippen MR) is 132 cm³/mol. The highest BCUT2D eigenvalue weighted by molar-refractivity contribution is 5.69. The highest BCUT2D eigenvalue weighted by Gasteiger charge is 2.19. The first-order valence-corrected chi connectivity index (χ1v) is 11.8. The maximum absolute atomic E-state index is 12.6. The van der Waals surface area contributed by atoms with Crippen LogP contribution in [0.2, 0.25) is 0 Å². The molecule has 0 radical (unpaired) electrons. The van der Waals surface area contributed by atoms with Gasteiger partial charge in [0.1, 0.15) is 11.3 Å². The van der Waals surface area contributed by atoms with Gasteiger partial charge in [0.05, 0.1) is 0 Å². The number of imidazole rings is 1. The Hall–Kier alpha value is -2.97. The van der Waals surface area contributed by atoms with E-state index in [1.807, 2.05) is 19.9 Å². The van der Waals surface area contributed by atoms with Gasteiger partial charge >= 0.3 is 5.69 Å². The standard InChI is InChI=1S/C25H34N6O2/c1-19(2)18-31-23-22(24(32)28(3)25(31)33)26-21(27-23)11-13-30-16-14-29(15-17-30)12-7-10-20-8-5-4-6-9-20/h4-10,19H,11-18H2,1-3H3,(H,26,27)/b10-7+. The van der Waals surface area contributed by atoms with E-state index in [0.29, 0.717) is 17.7 Å². The van der Waals surface area contributed by atoms with Gasteiger partial charge in [0, 0.05) is 59.3 Å². The van der Waals surface area contributed by atoms with Gasteiger partial charge in [-0.1, -0.05) is 56.3 Å². The first-order valence-electron chi connectivity index (χ1n) is 11.8. The number of H-pyrrole nitrogens is 1. The summed E-state index contributed by atoms with van der Waals surface area (Å²) < 4.78 is 2.78. The zero-order valence-electron chi connectivity index (χ0n) is 19.8. The van der Waals surface area contributed by atoms with E-state index < -0.39 is 0 Å². The van der Waals surface area contributed by atoms with E-state index in [9.17, 15) is 9.59 Å². The van der Waals surface area contributed by atoms with Crippen LogP contribution >= 0.6 is 0 Å². The van der Waals surface area contributed by atoms with Gasteiger partial charge in [-0.25, -0.2) is 9.78 Å². The number of piperazine rings is 1. The summed E-state index contributed by atoms with van der Waals surface area (Å²) in [6.07, 6.45) is 5.13. The third kappa shape index (κ3) is 5.51. The van der Waals surface area contributed by atoms with E-state index in [-0.39, 0.29) is 17.2 Å². The summed E-state index contributed by atoms with van der Waals surface area (Å²) in [7, 11) is 1.52. The summed E-state index contributed by atoms with van der Waals surface area (Å²) in [6.45, 7) is 10.6. The summed E-state index contributed by atoms with van der Waals surface area (Å²) in [5.74, 6) is 1.04. The Kier molecular flexibility index (Phi) is 7.25. The largest absolute Gasteiger partial charge is 0.336 e. The van der Waals surface area contributed by atoms with Gasteiger partial charge in [-0.3, -0.25) is 18.8 Å². The minimum absolute atomic E-state index is 0.280. The highest BCUT2D eigenvalue weighted by atomic mass is 16.2. The zero-order chi connectivity index (χ0) is 23.4. The molecule has 3 heterocycles. The summed E-state index contributed by atoms with van der Waals surface area (Å²) in [6, 6.07) is 10.4. The summed E-state index contributed by atoms with van der Waals surface area (Å²) >= 11 is 0. The lowest BCUT2D eigenvalue weighted by molar-refractivity contribution is 0.143. The molecule has 0 saturated carbocycles. The van der Waals surface area contributed by atoms with Crippen LogP contribution in [0.3, 0.4) is 0 Å². The quantitative estimate of drug-likeness (QED) is 0.568. The van der Waals surface area contributed by atoms with Crippen LogP contribution in [0, 0.1) is 5.92 Å². The van der Waals surface area contributed by atoms with Crippen LogP contribution in [-0.4, -0.2) is 68.2 Å². The number of aromatic nitrogens is 4. The van der Waals surface area contributed by atoms with Crippen LogP contribution in [0.25, 0.3) is 17.2 Å². The molecule has 1 saturated heterocycles. The van der Waals surface area contributed by atoms with Gasteiger partial charge in [-0.05, 0) is 11.5 Å². The molecule has 176 valence electrons. The van der Waals surface area contributed by atoms with Crippen LogP contribution in [0.4, 0.5) is 0 Å². The molecule has 0 bridgehead atoms. The second-order valence-corrected chi connectivity index (χ2v) is 9.24. The van der Waals surface area contributed by atoms with Crippen molar-refractivity contribution in [3.05, 3.63) is 68.6 Å². The fourth-order valence-electron chi connectivity index (χ4n) is 4.29. The fraction of sp³-hybridized carbons (Fsp3) is 0.480. The van der Waals surface area contributed by atoms with Gasteiger partial charge in [-0.15, -0.1) is 0 Å². The molecule has 3 aromatic rings. The Bertz CT molecular complexity index is 1210. The van der Waals surface area contributed by atoms with Crippen molar-refractivity contribution in [2.24, 2.45) is 13.0 Å². The van der Waals surface area contributed by atoms with Crippen molar-refractivity contribution in [2.75, 3.05) is 39.3 Å². The molecule has 33 heavy (non-hydrogen) atoms. The van der Waals surface area contributed by atoms with Crippen molar-refractivity contribution >= 4 is 17.2 Å². The van der Waals surface area contributed by atoms with Crippen molar-refractivity contribution in [3.8, 4) is 0 Å². The van der Waals surface area contributed by atoms with Gasteiger partial charge in [0.15, 0.2) is 5.65 Å². The minimum Gasteiger partial charge on any atom is -0.336 e. The van der Waals surface area contributed by atoms with Crippen molar-refractivity contribution in [2.45, 2.75) is 26.8 Å². The smallest absolute Gasteiger partial charge is 0.332 e.